The van der Waals surface area contributed by atoms with E-state index in [9.17, 15) is 9.59 Å². The van der Waals surface area contributed by atoms with E-state index in [-0.39, 0.29) is 11.9 Å². The summed E-state index contributed by atoms with van der Waals surface area (Å²) in [5, 5.41) is 5.67. The van der Waals surface area contributed by atoms with Crippen LogP contribution in [0.25, 0.3) is 0 Å². The molecule has 3 amide bonds. The smallest absolute Gasteiger partial charge is 0.319 e. The van der Waals surface area contributed by atoms with Crippen LogP contribution in [0.4, 0.5) is 10.5 Å². The predicted molar refractivity (Wildman–Crippen MR) is 111 cm³/mol. The summed E-state index contributed by atoms with van der Waals surface area (Å²) in [5.41, 5.74) is 1.70. The van der Waals surface area contributed by atoms with Crippen molar-refractivity contribution in [3.8, 4) is 0 Å². The van der Waals surface area contributed by atoms with E-state index < -0.39 is 6.04 Å². The molecule has 0 saturated carbocycles. The van der Waals surface area contributed by atoms with Crippen LogP contribution in [0, 0.1) is 0 Å². The largest absolute Gasteiger partial charge is 0.341 e. The molecular formula is C21H24BrN3O2. The topological polar surface area (TPSA) is 61.4 Å². The van der Waals surface area contributed by atoms with E-state index in [1.54, 1.807) is 0 Å². The van der Waals surface area contributed by atoms with Crippen molar-refractivity contribution in [1.29, 1.82) is 0 Å². The van der Waals surface area contributed by atoms with E-state index in [1.165, 1.54) is 0 Å². The van der Waals surface area contributed by atoms with Crippen molar-refractivity contribution in [2.75, 3.05) is 18.4 Å². The Balaban J connectivity index is 1.69. The molecular weight excluding hydrogens is 406 g/mol. The van der Waals surface area contributed by atoms with Crippen molar-refractivity contribution < 1.29 is 9.59 Å². The Bertz CT molecular complexity index is 759. The molecule has 1 fully saturated rings. The third kappa shape index (κ3) is 5.82. The molecule has 1 atom stereocenters. The minimum atomic E-state index is -0.582. The molecule has 2 aromatic carbocycles. The zero-order valence-electron chi connectivity index (χ0n) is 15.2. The van der Waals surface area contributed by atoms with Crippen molar-refractivity contribution in [3.05, 3.63) is 64.6 Å². The van der Waals surface area contributed by atoms with Gasteiger partial charge in [0.1, 0.15) is 6.04 Å². The highest BCUT2D eigenvalue weighted by molar-refractivity contribution is 9.10. The van der Waals surface area contributed by atoms with E-state index >= 15 is 0 Å². The summed E-state index contributed by atoms with van der Waals surface area (Å²) < 4.78 is 0.940. The minimum absolute atomic E-state index is 0.00971. The number of amides is 3. The first-order chi connectivity index (χ1) is 13.1. The van der Waals surface area contributed by atoms with Gasteiger partial charge in [-0.1, -0.05) is 46.3 Å². The highest BCUT2D eigenvalue weighted by atomic mass is 79.9. The number of halogens is 1. The zero-order valence-corrected chi connectivity index (χ0v) is 16.7. The number of anilines is 1. The standard InChI is InChI=1S/C21H24BrN3O2/c22-17-9-11-18(12-10-17)23-21(27)24-19(15-16-7-3-1-4-8-16)20(26)25-13-5-2-6-14-25/h1,3-4,7-12,19H,2,5-6,13-15H2,(H2,23,24,27)/t19-/m1/s1. The van der Waals surface area contributed by atoms with E-state index in [0.29, 0.717) is 12.1 Å². The van der Waals surface area contributed by atoms with E-state index in [0.717, 1.165) is 42.4 Å². The molecule has 1 aliphatic heterocycles. The molecule has 1 aliphatic rings. The number of rotatable bonds is 5. The third-order valence-electron chi connectivity index (χ3n) is 4.66. The van der Waals surface area contributed by atoms with Crippen molar-refractivity contribution in [1.82, 2.24) is 10.2 Å². The molecule has 1 heterocycles. The van der Waals surface area contributed by atoms with Crippen LogP contribution in [0.15, 0.2) is 59.1 Å². The van der Waals surface area contributed by atoms with Gasteiger partial charge in [-0.05, 0) is 49.1 Å². The average Bonchev–Trinajstić information content (AvgIpc) is 2.70. The maximum Gasteiger partial charge on any atom is 0.319 e. The Morgan fingerprint density at radius 1 is 0.963 bits per heavy atom. The number of piperidine rings is 1. The van der Waals surface area contributed by atoms with Gasteiger partial charge in [0.2, 0.25) is 5.91 Å². The molecule has 0 bridgehead atoms. The molecule has 3 rings (SSSR count). The Morgan fingerprint density at radius 3 is 2.30 bits per heavy atom. The van der Waals surface area contributed by atoms with Crippen LogP contribution < -0.4 is 10.6 Å². The van der Waals surface area contributed by atoms with Crippen molar-refractivity contribution in [2.45, 2.75) is 31.7 Å². The van der Waals surface area contributed by atoms with E-state index in [4.69, 9.17) is 0 Å². The maximum atomic E-state index is 13.0. The van der Waals surface area contributed by atoms with Gasteiger partial charge < -0.3 is 15.5 Å². The Hall–Kier alpha value is -2.34. The van der Waals surface area contributed by atoms with Gasteiger partial charge in [-0.2, -0.15) is 0 Å². The first-order valence-electron chi connectivity index (χ1n) is 9.27. The maximum absolute atomic E-state index is 13.0. The molecule has 1 saturated heterocycles. The Kier molecular flexibility index (Phi) is 6.87. The molecule has 0 radical (unpaired) electrons. The number of likely N-dealkylation sites (tertiary alicyclic amines) is 1. The van der Waals surface area contributed by atoms with Crippen LogP contribution >= 0.6 is 15.9 Å². The zero-order chi connectivity index (χ0) is 19.1. The fourth-order valence-corrected chi connectivity index (χ4v) is 3.51. The highest BCUT2D eigenvalue weighted by Gasteiger charge is 2.27. The SMILES string of the molecule is O=C(Nc1ccc(Br)cc1)N[C@H](Cc1ccccc1)C(=O)N1CCCCC1. The van der Waals surface area contributed by atoms with Crippen LogP contribution in [0.1, 0.15) is 24.8 Å². The van der Waals surface area contributed by atoms with Crippen molar-refractivity contribution in [3.63, 3.8) is 0 Å². The van der Waals surface area contributed by atoms with Gasteiger partial charge in [-0.3, -0.25) is 4.79 Å². The average molecular weight is 430 g/mol. The lowest BCUT2D eigenvalue weighted by Crippen LogP contribution is -2.52. The summed E-state index contributed by atoms with van der Waals surface area (Å²) in [6, 6.07) is 16.2. The summed E-state index contributed by atoms with van der Waals surface area (Å²) in [7, 11) is 0. The molecule has 0 aliphatic carbocycles. The Labute approximate surface area is 168 Å². The number of nitrogens with zero attached hydrogens (tertiary/aromatic N) is 1. The van der Waals surface area contributed by atoms with Gasteiger partial charge in [-0.15, -0.1) is 0 Å². The summed E-state index contributed by atoms with van der Waals surface area (Å²) in [6.45, 7) is 1.53. The Morgan fingerprint density at radius 2 is 1.63 bits per heavy atom. The number of hydrogen-bond acceptors (Lipinski definition) is 2. The number of carbonyl (C=O) groups is 2. The molecule has 5 nitrogen and oxygen atoms in total. The molecule has 0 aromatic heterocycles. The molecule has 142 valence electrons. The summed E-state index contributed by atoms with van der Waals surface area (Å²) in [4.78, 5) is 27.4. The lowest BCUT2D eigenvalue weighted by atomic mass is 10.0. The molecule has 2 N–H and O–H groups in total. The molecule has 0 unspecified atom stereocenters. The number of benzene rings is 2. The fraction of sp³-hybridized carbons (Fsp3) is 0.333. The van der Waals surface area contributed by atoms with Crippen LogP contribution in [0.5, 0.6) is 0 Å². The van der Waals surface area contributed by atoms with Gasteiger partial charge in [0.25, 0.3) is 0 Å². The van der Waals surface area contributed by atoms with Crippen LogP contribution in [-0.2, 0) is 11.2 Å². The summed E-state index contributed by atoms with van der Waals surface area (Å²) in [6.07, 6.45) is 3.68. The molecule has 6 heteroatoms. The molecule has 2 aromatic rings. The molecule has 27 heavy (non-hydrogen) atoms. The lowest BCUT2D eigenvalue weighted by Gasteiger charge is -2.31. The minimum Gasteiger partial charge on any atom is -0.341 e. The second-order valence-electron chi connectivity index (χ2n) is 6.73. The van der Waals surface area contributed by atoms with Gasteiger partial charge in [0.15, 0.2) is 0 Å². The number of nitrogens with one attached hydrogen (secondary N) is 2. The lowest BCUT2D eigenvalue weighted by molar-refractivity contribution is -0.134. The third-order valence-corrected chi connectivity index (χ3v) is 5.18. The van der Waals surface area contributed by atoms with Gasteiger partial charge in [-0.25, -0.2) is 4.79 Å². The summed E-state index contributed by atoms with van der Waals surface area (Å²) in [5.74, 6) is -0.00971. The van der Waals surface area contributed by atoms with Gasteiger partial charge in [0, 0.05) is 29.7 Å². The van der Waals surface area contributed by atoms with Gasteiger partial charge >= 0.3 is 6.03 Å². The van der Waals surface area contributed by atoms with Gasteiger partial charge in [0.05, 0.1) is 0 Å². The van der Waals surface area contributed by atoms with E-state index in [1.807, 2.05) is 59.5 Å². The van der Waals surface area contributed by atoms with E-state index in [2.05, 4.69) is 26.6 Å². The second-order valence-corrected chi connectivity index (χ2v) is 7.65. The predicted octanol–water partition coefficient (Wildman–Crippen LogP) is 4.19. The monoisotopic (exact) mass is 429 g/mol. The fourth-order valence-electron chi connectivity index (χ4n) is 3.24. The summed E-state index contributed by atoms with van der Waals surface area (Å²) >= 11 is 3.37. The molecule has 0 spiro atoms. The number of hydrogen-bond donors (Lipinski definition) is 2. The quantitative estimate of drug-likeness (QED) is 0.747. The first-order valence-corrected chi connectivity index (χ1v) is 10.1. The van der Waals surface area contributed by atoms with Crippen LogP contribution in [0.3, 0.4) is 0 Å². The first kappa shape index (κ1) is 19.4. The van der Waals surface area contributed by atoms with Crippen LogP contribution in [-0.4, -0.2) is 36.0 Å². The number of carbonyl (C=O) groups excluding carboxylic acids is 2. The normalized spacial score (nSPS) is 15.1. The van der Waals surface area contributed by atoms with Crippen LogP contribution in [0.2, 0.25) is 0 Å². The van der Waals surface area contributed by atoms with Crippen molar-refractivity contribution >= 4 is 33.6 Å². The number of urea groups is 1. The second kappa shape index (κ2) is 9.55. The highest BCUT2D eigenvalue weighted by Crippen LogP contribution is 2.15. The van der Waals surface area contributed by atoms with Crippen molar-refractivity contribution in [2.24, 2.45) is 0 Å².